The average molecular weight is 150 g/mol. The lowest BCUT2D eigenvalue weighted by Gasteiger charge is -2.14. The Morgan fingerprint density at radius 3 is 2.10 bits per heavy atom. The van der Waals surface area contributed by atoms with E-state index in [-0.39, 0.29) is 12.8 Å². The molecule has 0 saturated carbocycles. The Hall–Kier alpha value is -0.140. The summed E-state index contributed by atoms with van der Waals surface area (Å²) in [6.45, 7) is 5.46. The average Bonchev–Trinajstić information content (AvgIpc) is 1.85. The van der Waals surface area contributed by atoms with Gasteiger partial charge in [-0.05, 0) is 12.3 Å². The van der Waals surface area contributed by atoms with Crippen molar-refractivity contribution in [3.63, 3.8) is 0 Å². The summed E-state index contributed by atoms with van der Waals surface area (Å²) in [5.41, 5.74) is 0. The number of alkyl halides is 2. The van der Waals surface area contributed by atoms with Gasteiger partial charge < -0.3 is 0 Å². The van der Waals surface area contributed by atoms with Crippen LogP contribution in [0.3, 0.4) is 0 Å². The summed E-state index contributed by atoms with van der Waals surface area (Å²) < 4.78 is 25.0. The molecule has 0 aliphatic heterocycles. The van der Waals surface area contributed by atoms with Crippen molar-refractivity contribution >= 4 is 0 Å². The van der Waals surface area contributed by atoms with Crippen LogP contribution in [0.5, 0.6) is 0 Å². The van der Waals surface area contributed by atoms with Gasteiger partial charge in [-0.25, -0.2) is 8.78 Å². The largest absolute Gasteiger partial charge is 0.247 e. The van der Waals surface area contributed by atoms with E-state index in [1.54, 1.807) is 0 Å². The van der Waals surface area contributed by atoms with E-state index in [9.17, 15) is 8.78 Å². The van der Waals surface area contributed by atoms with E-state index in [0.717, 1.165) is 0 Å². The first kappa shape index (κ1) is 9.86. The molecule has 2 heteroatoms. The predicted molar refractivity (Wildman–Crippen MR) is 39.3 cm³/mol. The Bertz CT molecular complexity index is 87.3. The van der Waals surface area contributed by atoms with Gasteiger partial charge in [0.15, 0.2) is 0 Å². The van der Waals surface area contributed by atoms with E-state index in [1.807, 2.05) is 13.8 Å². The number of rotatable bonds is 4. The third-order valence-electron chi connectivity index (χ3n) is 1.60. The fourth-order valence-electron chi connectivity index (χ4n) is 0.677. The summed E-state index contributed by atoms with van der Waals surface area (Å²) in [4.78, 5) is 0. The minimum absolute atomic E-state index is 0.0281. The summed E-state index contributed by atoms with van der Waals surface area (Å²) in [7, 11) is 0. The molecule has 0 radical (unpaired) electrons. The molecule has 0 unspecified atom stereocenters. The highest BCUT2D eigenvalue weighted by Crippen LogP contribution is 2.25. The van der Waals surface area contributed by atoms with Crippen LogP contribution in [0.25, 0.3) is 0 Å². The lowest BCUT2D eigenvalue weighted by atomic mass is 10.0. The standard InChI is InChI=1S/C8H16F2/c1-4-8(9,10)6-5-7(2)3/h7H,4-6H2,1-3H3. The van der Waals surface area contributed by atoms with Crippen molar-refractivity contribution in [1.82, 2.24) is 0 Å². The van der Waals surface area contributed by atoms with Crippen LogP contribution in [-0.2, 0) is 0 Å². The van der Waals surface area contributed by atoms with E-state index in [1.165, 1.54) is 6.92 Å². The molecule has 0 aromatic rings. The van der Waals surface area contributed by atoms with Gasteiger partial charge in [0.05, 0.1) is 0 Å². The van der Waals surface area contributed by atoms with Gasteiger partial charge in [-0.15, -0.1) is 0 Å². The van der Waals surface area contributed by atoms with Crippen molar-refractivity contribution in [3.05, 3.63) is 0 Å². The third kappa shape index (κ3) is 4.71. The van der Waals surface area contributed by atoms with Gasteiger partial charge in [-0.3, -0.25) is 0 Å². The van der Waals surface area contributed by atoms with Crippen molar-refractivity contribution in [2.45, 2.75) is 46.0 Å². The molecule has 10 heavy (non-hydrogen) atoms. The molecule has 0 saturated heterocycles. The normalized spacial score (nSPS) is 12.6. The first-order valence-electron chi connectivity index (χ1n) is 3.86. The van der Waals surface area contributed by atoms with Crippen LogP contribution in [0.1, 0.15) is 40.0 Å². The van der Waals surface area contributed by atoms with Crippen LogP contribution in [0.15, 0.2) is 0 Å². The molecule has 0 spiro atoms. The van der Waals surface area contributed by atoms with Crippen LogP contribution >= 0.6 is 0 Å². The van der Waals surface area contributed by atoms with Gasteiger partial charge >= 0.3 is 0 Å². The van der Waals surface area contributed by atoms with Crippen molar-refractivity contribution in [1.29, 1.82) is 0 Å². The molecular weight excluding hydrogens is 134 g/mol. The smallest absolute Gasteiger partial charge is 0.207 e. The topological polar surface area (TPSA) is 0 Å². The fourth-order valence-corrected chi connectivity index (χ4v) is 0.677. The highest BCUT2D eigenvalue weighted by atomic mass is 19.3. The Labute approximate surface area is 61.6 Å². The first-order valence-corrected chi connectivity index (χ1v) is 3.86. The van der Waals surface area contributed by atoms with Crippen molar-refractivity contribution < 1.29 is 8.78 Å². The fraction of sp³-hybridized carbons (Fsp3) is 1.00. The molecule has 0 atom stereocenters. The minimum Gasteiger partial charge on any atom is -0.207 e. The van der Waals surface area contributed by atoms with Crippen molar-refractivity contribution in [2.75, 3.05) is 0 Å². The molecule has 0 nitrogen and oxygen atoms in total. The summed E-state index contributed by atoms with van der Waals surface area (Å²) >= 11 is 0. The van der Waals surface area contributed by atoms with Crippen LogP contribution in [0.4, 0.5) is 8.78 Å². The number of hydrogen-bond acceptors (Lipinski definition) is 0. The molecular formula is C8H16F2. The lowest BCUT2D eigenvalue weighted by molar-refractivity contribution is -0.0159. The van der Waals surface area contributed by atoms with E-state index < -0.39 is 5.92 Å². The maximum absolute atomic E-state index is 12.5. The van der Waals surface area contributed by atoms with Gasteiger partial charge in [-0.2, -0.15) is 0 Å². The van der Waals surface area contributed by atoms with Crippen molar-refractivity contribution in [3.8, 4) is 0 Å². The van der Waals surface area contributed by atoms with Crippen LogP contribution in [0, 0.1) is 5.92 Å². The first-order chi connectivity index (χ1) is 4.48. The van der Waals surface area contributed by atoms with E-state index in [0.29, 0.717) is 12.3 Å². The van der Waals surface area contributed by atoms with E-state index >= 15 is 0 Å². The van der Waals surface area contributed by atoms with Gasteiger partial charge in [0.1, 0.15) is 0 Å². The summed E-state index contributed by atoms with van der Waals surface area (Å²) in [6.07, 6.45) is 0.641. The number of hydrogen-bond donors (Lipinski definition) is 0. The lowest BCUT2D eigenvalue weighted by Crippen LogP contribution is -2.14. The molecule has 0 heterocycles. The van der Waals surface area contributed by atoms with E-state index in [4.69, 9.17) is 0 Å². The zero-order valence-corrected chi connectivity index (χ0v) is 6.95. The second-order valence-corrected chi connectivity index (χ2v) is 3.14. The Morgan fingerprint density at radius 2 is 1.80 bits per heavy atom. The molecule has 0 aliphatic rings. The molecule has 0 amide bonds. The summed E-state index contributed by atoms with van der Waals surface area (Å²) in [6, 6.07) is 0. The molecule has 0 aliphatic carbocycles. The molecule has 62 valence electrons. The summed E-state index contributed by atoms with van der Waals surface area (Å²) in [5, 5.41) is 0. The van der Waals surface area contributed by atoms with Crippen LogP contribution in [-0.4, -0.2) is 5.92 Å². The Kier molecular flexibility index (Phi) is 3.84. The molecule has 0 N–H and O–H groups in total. The van der Waals surface area contributed by atoms with Crippen LogP contribution in [0.2, 0.25) is 0 Å². The van der Waals surface area contributed by atoms with Gasteiger partial charge in [-0.1, -0.05) is 20.8 Å². The zero-order valence-electron chi connectivity index (χ0n) is 6.95. The minimum atomic E-state index is -2.43. The highest BCUT2D eigenvalue weighted by molar-refractivity contribution is 4.63. The van der Waals surface area contributed by atoms with Crippen LogP contribution < -0.4 is 0 Å². The zero-order chi connectivity index (χ0) is 8.20. The summed E-state index contributed by atoms with van der Waals surface area (Å²) in [5.74, 6) is -2.04. The van der Waals surface area contributed by atoms with Gasteiger partial charge in [0.25, 0.3) is 0 Å². The van der Waals surface area contributed by atoms with Gasteiger partial charge in [0.2, 0.25) is 5.92 Å². The maximum Gasteiger partial charge on any atom is 0.247 e. The predicted octanol–water partition coefficient (Wildman–Crippen LogP) is 3.47. The van der Waals surface area contributed by atoms with E-state index in [2.05, 4.69) is 0 Å². The third-order valence-corrected chi connectivity index (χ3v) is 1.60. The molecule has 0 bridgehead atoms. The molecule has 0 rings (SSSR count). The number of halogens is 2. The Balaban J connectivity index is 3.46. The molecule has 0 aromatic carbocycles. The monoisotopic (exact) mass is 150 g/mol. The maximum atomic E-state index is 12.5. The van der Waals surface area contributed by atoms with Crippen molar-refractivity contribution in [2.24, 2.45) is 5.92 Å². The SMILES string of the molecule is CCC(F)(F)CCC(C)C. The molecule has 0 fully saturated rings. The highest BCUT2D eigenvalue weighted by Gasteiger charge is 2.25. The second-order valence-electron chi connectivity index (χ2n) is 3.14. The Morgan fingerprint density at radius 1 is 1.30 bits per heavy atom. The quantitative estimate of drug-likeness (QED) is 0.575. The van der Waals surface area contributed by atoms with Gasteiger partial charge in [0, 0.05) is 12.8 Å². The molecule has 0 aromatic heterocycles. The second kappa shape index (κ2) is 3.89.